The van der Waals surface area contributed by atoms with E-state index in [1.807, 2.05) is 0 Å². The number of benzene rings is 1. The number of aldehydes is 1. The normalized spacial score (nSPS) is 11.1. The summed E-state index contributed by atoms with van der Waals surface area (Å²) >= 11 is 0. The number of alkyl halides is 3. The van der Waals surface area contributed by atoms with Gasteiger partial charge in [-0.1, -0.05) is 6.07 Å². The molecule has 0 unspecified atom stereocenters. The maximum Gasteiger partial charge on any atom is 0.419 e. The third kappa shape index (κ3) is 2.04. The average molecular weight is 204 g/mol. The van der Waals surface area contributed by atoms with Crippen LogP contribution in [-0.4, -0.2) is 13.4 Å². The van der Waals surface area contributed by atoms with Gasteiger partial charge in [-0.2, -0.15) is 13.2 Å². The molecule has 1 rings (SSSR count). The molecule has 0 saturated carbocycles. The van der Waals surface area contributed by atoms with Crippen molar-refractivity contribution >= 4 is 6.29 Å². The van der Waals surface area contributed by atoms with Gasteiger partial charge < -0.3 is 4.74 Å². The van der Waals surface area contributed by atoms with Crippen molar-refractivity contribution < 1.29 is 22.7 Å². The standard InChI is InChI=1S/C9H7F3O2/c1-14-8-4-6(5-13)2-3-7(8)9(10,11)12/h2-5H,1H3. The number of methoxy groups -OCH3 is 1. The Bertz CT molecular complexity index is 344. The van der Waals surface area contributed by atoms with Gasteiger partial charge in [0.25, 0.3) is 0 Å². The quantitative estimate of drug-likeness (QED) is 0.692. The molecule has 76 valence electrons. The van der Waals surface area contributed by atoms with Gasteiger partial charge >= 0.3 is 6.18 Å². The minimum absolute atomic E-state index is 0.148. The Morgan fingerprint density at radius 2 is 2.00 bits per heavy atom. The molecule has 0 radical (unpaired) electrons. The van der Waals surface area contributed by atoms with Gasteiger partial charge in [0, 0.05) is 5.56 Å². The predicted molar refractivity (Wildman–Crippen MR) is 43.4 cm³/mol. The molecule has 0 bridgehead atoms. The van der Waals surface area contributed by atoms with Crippen molar-refractivity contribution in [3.05, 3.63) is 29.3 Å². The van der Waals surface area contributed by atoms with Gasteiger partial charge in [0.15, 0.2) is 0 Å². The summed E-state index contributed by atoms with van der Waals surface area (Å²) in [5, 5.41) is 0. The van der Waals surface area contributed by atoms with Crippen LogP contribution in [0.15, 0.2) is 18.2 Å². The van der Waals surface area contributed by atoms with E-state index in [4.69, 9.17) is 0 Å². The molecule has 5 heteroatoms. The molecular formula is C9H7F3O2. The van der Waals surface area contributed by atoms with Crippen LogP contribution in [0.3, 0.4) is 0 Å². The van der Waals surface area contributed by atoms with Gasteiger partial charge in [0.05, 0.1) is 12.7 Å². The molecule has 0 aliphatic heterocycles. The SMILES string of the molecule is COc1cc(C=O)ccc1C(F)(F)F. The van der Waals surface area contributed by atoms with Crippen LogP contribution < -0.4 is 4.74 Å². The first-order chi connectivity index (χ1) is 6.49. The third-order valence-electron chi connectivity index (χ3n) is 1.67. The molecule has 0 N–H and O–H groups in total. The van der Waals surface area contributed by atoms with E-state index in [0.717, 1.165) is 25.3 Å². The molecule has 0 spiro atoms. The molecule has 0 amide bonds. The average Bonchev–Trinajstić information content (AvgIpc) is 2.15. The lowest BCUT2D eigenvalue weighted by Crippen LogP contribution is -2.07. The summed E-state index contributed by atoms with van der Waals surface area (Å²) in [6, 6.07) is 2.97. The summed E-state index contributed by atoms with van der Waals surface area (Å²) in [6.45, 7) is 0. The van der Waals surface area contributed by atoms with Crippen molar-refractivity contribution in [1.82, 2.24) is 0 Å². The van der Waals surface area contributed by atoms with Gasteiger partial charge in [-0.15, -0.1) is 0 Å². The molecule has 0 aromatic heterocycles. The van der Waals surface area contributed by atoms with E-state index in [0.29, 0.717) is 6.29 Å². The number of ether oxygens (including phenoxy) is 1. The van der Waals surface area contributed by atoms with E-state index in [9.17, 15) is 18.0 Å². The summed E-state index contributed by atoms with van der Waals surface area (Å²) in [4.78, 5) is 10.3. The number of carbonyl (C=O) groups is 1. The van der Waals surface area contributed by atoms with Gasteiger partial charge in [-0.25, -0.2) is 0 Å². The van der Waals surface area contributed by atoms with E-state index in [1.54, 1.807) is 0 Å². The highest BCUT2D eigenvalue weighted by Crippen LogP contribution is 2.36. The smallest absolute Gasteiger partial charge is 0.419 e. The molecule has 0 fully saturated rings. The van der Waals surface area contributed by atoms with Crippen molar-refractivity contribution in [2.75, 3.05) is 7.11 Å². The van der Waals surface area contributed by atoms with Crippen LogP contribution in [0, 0.1) is 0 Å². The highest BCUT2D eigenvalue weighted by Gasteiger charge is 2.34. The first-order valence-electron chi connectivity index (χ1n) is 3.69. The maximum atomic E-state index is 12.3. The second-order valence-corrected chi connectivity index (χ2v) is 2.58. The Hall–Kier alpha value is -1.52. The van der Waals surface area contributed by atoms with Crippen molar-refractivity contribution in [1.29, 1.82) is 0 Å². The minimum Gasteiger partial charge on any atom is -0.496 e. The van der Waals surface area contributed by atoms with Crippen molar-refractivity contribution in [3.63, 3.8) is 0 Å². The van der Waals surface area contributed by atoms with Crippen LogP contribution in [-0.2, 0) is 6.18 Å². The number of hydrogen-bond donors (Lipinski definition) is 0. The highest BCUT2D eigenvalue weighted by atomic mass is 19.4. The third-order valence-corrected chi connectivity index (χ3v) is 1.67. The molecule has 0 aliphatic carbocycles. The summed E-state index contributed by atoms with van der Waals surface area (Å²) in [5.41, 5.74) is -0.736. The molecule has 1 aromatic rings. The fourth-order valence-electron chi connectivity index (χ4n) is 1.02. The molecule has 2 nitrogen and oxygen atoms in total. The van der Waals surface area contributed by atoms with E-state index in [1.165, 1.54) is 0 Å². The maximum absolute atomic E-state index is 12.3. The molecular weight excluding hydrogens is 197 g/mol. The Morgan fingerprint density at radius 3 is 2.43 bits per heavy atom. The molecule has 14 heavy (non-hydrogen) atoms. The Labute approximate surface area is 78.3 Å². The van der Waals surface area contributed by atoms with Crippen LogP contribution in [0.5, 0.6) is 5.75 Å². The Balaban J connectivity index is 3.25. The summed E-state index contributed by atoms with van der Waals surface area (Å²) in [5.74, 6) is -0.345. The fraction of sp³-hybridized carbons (Fsp3) is 0.222. The lowest BCUT2D eigenvalue weighted by Gasteiger charge is -2.11. The van der Waals surface area contributed by atoms with E-state index in [-0.39, 0.29) is 11.3 Å². The molecule has 0 heterocycles. The van der Waals surface area contributed by atoms with E-state index < -0.39 is 11.7 Å². The van der Waals surface area contributed by atoms with Gasteiger partial charge in [0.2, 0.25) is 0 Å². The zero-order valence-corrected chi connectivity index (χ0v) is 7.26. The Morgan fingerprint density at radius 1 is 1.36 bits per heavy atom. The number of hydrogen-bond acceptors (Lipinski definition) is 2. The van der Waals surface area contributed by atoms with E-state index >= 15 is 0 Å². The lowest BCUT2D eigenvalue weighted by molar-refractivity contribution is -0.138. The second-order valence-electron chi connectivity index (χ2n) is 2.58. The number of carbonyl (C=O) groups excluding carboxylic acids is 1. The molecule has 1 aromatic carbocycles. The van der Waals surface area contributed by atoms with Gasteiger partial charge in [-0.05, 0) is 12.1 Å². The van der Waals surface area contributed by atoms with Crippen LogP contribution >= 0.6 is 0 Å². The van der Waals surface area contributed by atoms with Gasteiger partial charge in [0.1, 0.15) is 12.0 Å². The summed E-state index contributed by atoms with van der Waals surface area (Å²) < 4.78 is 41.4. The zero-order valence-electron chi connectivity index (χ0n) is 7.26. The molecule has 0 atom stereocenters. The topological polar surface area (TPSA) is 26.3 Å². The molecule has 0 aliphatic rings. The second kappa shape index (κ2) is 3.69. The zero-order chi connectivity index (χ0) is 10.8. The van der Waals surface area contributed by atoms with Crippen LogP contribution in [0.25, 0.3) is 0 Å². The first kappa shape index (κ1) is 10.6. The van der Waals surface area contributed by atoms with Crippen molar-refractivity contribution in [2.24, 2.45) is 0 Å². The van der Waals surface area contributed by atoms with Crippen molar-refractivity contribution in [2.45, 2.75) is 6.18 Å². The summed E-state index contributed by atoms with van der Waals surface area (Å²) in [6.07, 6.45) is -4.00. The van der Waals surface area contributed by atoms with Crippen LogP contribution in [0.1, 0.15) is 15.9 Å². The molecule has 0 saturated heterocycles. The lowest BCUT2D eigenvalue weighted by atomic mass is 10.1. The number of rotatable bonds is 2. The van der Waals surface area contributed by atoms with Crippen LogP contribution in [0.2, 0.25) is 0 Å². The first-order valence-corrected chi connectivity index (χ1v) is 3.69. The van der Waals surface area contributed by atoms with E-state index in [2.05, 4.69) is 4.74 Å². The minimum atomic E-state index is -4.47. The number of halogens is 3. The highest BCUT2D eigenvalue weighted by molar-refractivity contribution is 5.76. The largest absolute Gasteiger partial charge is 0.496 e. The monoisotopic (exact) mass is 204 g/mol. The fourth-order valence-corrected chi connectivity index (χ4v) is 1.02. The van der Waals surface area contributed by atoms with Crippen molar-refractivity contribution in [3.8, 4) is 5.75 Å². The van der Waals surface area contributed by atoms with Gasteiger partial charge in [-0.3, -0.25) is 4.79 Å². The summed E-state index contributed by atoms with van der Waals surface area (Å²) in [7, 11) is 1.12. The Kier molecular flexibility index (Phi) is 2.78. The van der Waals surface area contributed by atoms with Crippen LogP contribution in [0.4, 0.5) is 13.2 Å². The predicted octanol–water partition coefficient (Wildman–Crippen LogP) is 2.53.